The third kappa shape index (κ3) is 8.98. The third-order valence-corrected chi connectivity index (χ3v) is 5.02. The van der Waals surface area contributed by atoms with Gasteiger partial charge in [-0.3, -0.25) is 14.6 Å². The maximum atomic E-state index is 12.6. The van der Waals surface area contributed by atoms with E-state index in [1.807, 2.05) is 18.2 Å². The Morgan fingerprint density at radius 3 is 2.41 bits per heavy atom. The lowest BCUT2D eigenvalue weighted by Crippen LogP contribution is -2.29. The lowest BCUT2D eigenvalue weighted by molar-refractivity contribution is -0.119. The third-order valence-electron chi connectivity index (χ3n) is 5.02. The first-order valence-electron chi connectivity index (χ1n) is 11.5. The molecule has 0 atom stereocenters. The quantitative estimate of drug-likeness (QED) is 0.0861. The van der Waals surface area contributed by atoms with E-state index in [0.717, 1.165) is 22.0 Å². The summed E-state index contributed by atoms with van der Waals surface area (Å²) in [7, 11) is 0. The fourth-order valence-electron chi connectivity index (χ4n) is 3.32. The molecule has 37 heavy (non-hydrogen) atoms. The van der Waals surface area contributed by atoms with Gasteiger partial charge in [-0.15, -0.1) is 0 Å². The van der Waals surface area contributed by atoms with E-state index < -0.39 is 11.9 Å². The number of hydrogen-bond acceptors (Lipinski definition) is 6. The van der Waals surface area contributed by atoms with Gasteiger partial charge in [-0.05, 0) is 52.7 Å². The topological polar surface area (TPSA) is 173 Å². The summed E-state index contributed by atoms with van der Waals surface area (Å²) in [6.45, 7) is 2.92. The first kappa shape index (κ1) is 26.7. The summed E-state index contributed by atoms with van der Waals surface area (Å²) >= 11 is 0. The summed E-state index contributed by atoms with van der Waals surface area (Å²) in [5, 5.41) is 10.5. The van der Waals surface area contributed by atoms with Crippen LogP contribution in [0.15, 0.2) is 70.6 Å². The number of anilines is 1. The molecule has 0 aliphatic rings. The number of ether oxygens (including phenoxy) is 1. The summed E-state index contributed by atoms with van der Waals surface area (Å²) < 4.78 is 5.53. The van der Waals surface area contributed by atoms with Crippen LogP contribution in [0.3, 0.4) is 0 Å². The predicted molar refractivity (Wildman–Crippen MR) is 144 cm³/mol. The van der Waals surface area contributed by atoms with Crippen LogP contribution in [-0.2, 0) is 16.0 Å². The van der Waals surface area contributed by atoms with Gasteiger partial charge < -0.3 is 32.2 Å². The summed E-state index contributed by atoms with van der Waals surface area (Å²) in [4.78, 5) is 42.8. The van der Waals surface area contributed by atoms with Crippen molar-refractivity contribution in [2.45, 2.75) is 13.3 Å². The maximum Gasteiger partial charge on any atom is 0.343 e. The molecule has 3 aromatic carbocycles. The van der Waals surface area contributed by atoms with Crippen LogP contribution in [0.5, 0.6) is 5.75 Å². The molecule has 0 aromatic heterocycles. The molecule has 11 nitrogen and oxygen atoms in total. The molecule has 3 rings (SSSR count). The second kappa shape index (κ2) is 13.2. The van der Waals surface area contributed by atoms with Crippen LogP contribution in [-0.4, -0.2) is 49.8 Å². The summed E-state index contributed by atoms with van der Waals surface area (Å²) in [5.41, 5.74) is 12.4. The molecule has 2 amide bonds. The lowest BCUT2D eigenvalue weighted by Gasteiger charge is -2.08. The molecule has 0 saturated heterocycles. The van der Waals surface area contributed by atoms with Gasteiger partial charge in [0.05, 0.1) is 18.3 Å². The Bertz CT molecular complexity index is 1320. The fourth-order valence-corrected chi connectivity index (χ4v) is 3.32. The summed E-state index contributed by atoms with van der Waals surface area (Å²) in [6, 6.07) is 17.6. The number of benzene rings is 3. The molecule has 0 saturated carbocycles. The van der Waals surface area contributed by atoms with Crippen LogP contribution in [0.4, 0.5) is 5.69 Å². The number of carbonyl (C=O) groups is 3. The Kier molecular flexibility index (Phi) is 9.54. The highest BCUT2D eigenvalue weighted by Crippen LogP contribution is 2.23. The Hall–Kier alpha value is -4.93. The van der Waals surface area contributed by atoms with E-state index in [-0.39, 0.29) is 18.3 Å². The molecule has 7 N–H and O–H groups in total. The van der Waals surface area contributed by atoms with Crippen LogP contribution < -0.4 is 32.2 Å². The fraction of sp³-hybridized carbons (Fsp3) is 0.192. The van der Waals surface area contributed by atoms with E-state index in [1.165, 1.54) is 6.92 Å². The number of esters is 1. The molecule has 0 aliphatic heterocycles. The molecular weight excluding hydrogens is 474 g/mol. The SMILES string of the molecule is CC(=O)NCCNC=NCNc1ccc(C(=O)Oc2ccc3cc(CC(=O)N=C(N)N)ccc3c2)cc1. The van der Waals surface area contributed by atoms with Gasteiger partial charge in [-0.2, -0.15) is 4.99 Å². The van der Waals surface area contributed by atoms with Crippen molar-refractivity contribution in [3.63, 3.8) is 0 Å². The number of aliphatic imine (C=N–C) groups is 2. The highest BCUT2D eigenvalue weighted by Gasteiger charge is 2.10. The van der Waals surface area contributed by atoms with Crippen molar-refractivity contribution in [2.75, 3.05) is 25.1 Å². The molecule has 0 bridgehead atoms. The van der Waals surface area contributed by atoms with Crippen molar-refractivity contribution < 1.29 is 19.1 Å². The number of hydrogen-bond donors (Lipinski definition) is 5. The molecule has 0 heterocycles. The minimum Gasteiger partial charge on any atom is -0.423 e. The molecule has 192 valence electrons. The highest BCUT2D eigenvalue weighted by molar-refractivity contribution is 5.94. The monoisotopic (exact) mass is 503 g/mol. The van der Waals surface area contributed by atoms with Crippen molar-refractivity contribution in [1.29, 1.82) is 0 Å². The number of guanidine groups is 1. The van der Waals surface area contributed by atoms with E-state index in [9.17, 15) is 14.4 Å². The minimum absolute atomic E-state index is 0.0729. The molecular formula is C26H29N7O4. The van der Waals surface area contributed by atoms with E-state index in [1.54, 1.807) is 48.8 Å². The van der Waals surface area contributed by atoms with Gasteiger partial charge in [0, 0.05) is 25.7 Å². The second-order valence-corrected chi connectivity index (χ2v) is 8.00. The van der Waals surface area contributed by atoms with Crippen molar-refractivity contribution in [2.24, 2.45) is 21.5 Å². The minimum atomic E-state index is -0.480. The normalized spacial score (nSPS) is 10.6. The number of carbonyl (C=O) groups excluding carboxylic acids is 3. The van der Waals surface area contributed by atoms with E-state index in [0.29, 0.717) is 31.1 Å². The summed E-state index contributed by atoms with van der Waals surface area (Å²) in [6.07, 6.45) is 1.65. The average Bonchev–Trinajstić information content (AvgIpc) is 2.85. The van der Waals surface area contributed by atoms with Gasteiger partial charge in [0.15, 0.2) is 5.96 Å². The van der Waals surface area contributed by atoms with Gasteiger partial charge in [0.1, 0.15) is 12.4 Å². The zero-order valence-corrected chi connectivity index (χ0v) is 20.4. The van der Waals surface area contributed by atoms with Crippen LogP contribution in [0.1, 0.15) is 22.8 Å². The zero-order valence-electron chi connectivity index (χ0n) is 20.4. The number of amides is 2. The van der Waals surface area contributed by atoms with Crippen molar-refractivity contribution in [3.05, 3.63) is 71.8 Å². The van der Waals surface area contributed by atoms with Crippen molar-refractivity contribution >= 4 is 46.5 Å². The lowest BCUT2D eigenvalue weighted by atomic mass is 10.0. The van der Waals surface area contributed by atoms with Crippen LogP contribution in [0, 0.1) is 0 Å². The van der Waals surface area contributed by atoms with Gasteiger partial charge in [0.25, 0.3) is 5.91 Å². The highest BCUT2D eigenvalue weighted by atomic mass is 16.5. The van der Waals surface area contributed by atoms with Gasteiger partial charge >= 0.3 is 5.97 Å². The Balaban J connectivity index is 1.50. The van der Waals surface area contributed by atoms with E-state index in [2.05, 4.69) is 25.9 Å². The maximum absolute atomic E-state index is 12.6. The molecule has 0 aliphatic carbocycles. The molecule has 0 fully saturated rings. The standard InChI is InChI=1S/C26H29N7O4/c1-17(34)31-11-10-29-15-30-16-32-22-7-4-19(5-8-22)25(36)37-23-9-6-20-12-18(2-3-21(20)14-23)13-24(35)33-26(27)28/h2-9,12,14-15,32H,10-11,13,16H2,1H3,(H,29,30)(H,31,34)(H4,27,28,33,35). The Morgan fingerprint density at radius 2 is 1.68 bits per heavy atom. The molecule has 0 unspecified atom stereocenters. The van der Waals surface area contributed by atoms with Crippen LogP contribution >= 0.6 is 0 Å². The molecule has 0 spiro atoms. The smallest absolute Gasteiger partial charge is 0.343 e. The first-order valence-corrected chi connectivity index (χ1v) is 11.5. The molecule has 3 aromatic rings. The second-order valence-electron chi connectivity index (χ2n) is 8.00. The van der Waals surface area contributed by atoms with E-state index >= 15 is 0 Å². The number of nitrogens with two attached hydrogens (primary N) is 2. The number of nitrogens with zero attached hydrogens (tertiary/aromatic N) is 2. The first-order chi connectivity index (χ1) is 17.8. The average molecular weight is 504 g/mol. The van der Waals surface area contributed by atoms with E-state index in [4.69, 9.17) is 16.2 Å². The van der Waals surface area contributed by atoms with Gasteiger partial charge in [0.2, 0.25) is 5.91 Å². The van der Waals surface area contributed by atoms with Crippen LogP contribution in [0.2, 0.25) is 0 Å². The number of fused-ring (bicyclic) bond motifs is 1. The molecule has 0 radical (unpaired) electrons. The molecule has 11 heteroatoms. The van der Waals surface area contributed by atoms with Gasteiger partial charge in [-0.1, -0.05) is 24.3 Å². The number of rotatable bonds is 11. The largest absolute Gasteiger partial charge is 0.423 e. The Labute approximate surface area is 214 Å². The summed E-state index contributed by atoms with van der Waals surface area (Å²) in [5.74, 6) is -0.837. The van der Waals surface area contributed by atoms with Crippen LogP contribution in [0.25, 0.3) is 10.8 Å². The predicted octanol–water partition coefficient (Wildman–Crippen LogP) is 1.52. The van der Waals surface area contributed by atoms with Crippen molar-refractivity contribution in [3.8, 4) is 5.75 Å². The number of nitrogens with one attached hydrogen (secondary N) is 3. The van der Waals surface area contributed by atoms with Gasteiger partial charge in [-0.25, -0.2) is 4.79 Å². The van der Waals surface area contributed by atoms with Crippen molar-refractivity contribution in [1.82, 2.24) is 10.6 Å². The zero-order chi connectivity index (χ0) is 26.6. The Morgan fingerprint density at radius 1 is 0.946 bits per heavy atom.